The van der Waals surface area contributed by atoms with Gasteiger partial charge in [-0.25, -0.2) is 4.68 Å². The zero-order chi connectivity index (χ0) is 17.4. The molecule has 1 spiro atoms. The van der Waals surface area contributed by atoms with Crippen molar-refractivity contribution in [3.05, 3.63) is 11.9 Å². The van der Waals surface area contributed by atoms with Gasteiger partial charge in [-0.05, 0) is 50.9 Å². The van der Waals surface area contributed by atoms with Crippen LogP contribution in [0.4, 0.5) is 0 Å². The number of likely N-dealkylation sites (tertiary alicyclic amines) is 2. The lowest BCUT2D eigenvalue weighted by Gasteiger charge is -2.34. The second kappa shape index (κ2) is 6.42. The highest BCUT2D eigenvalue weighted by atomic mass is 16.2. The highest BCUT2D eigenvalue weighted by Crippen LogP contribution is 2.60. The van der Waals surface area contributed by atoms with E-state index in [0.717, 1.165) is 58.3 Å². The molecule has 4 rings (SSSR count). The van der Waals surface area contributed by atoms with Crippen molar-refractivity contribution < 1.29 is 9.59 Å². The molecule has 3 heterocycles. The number of aromatic nitrogens is 3. The molecule has 1 saturated carbocycles. The maximum absolute atomic E-state index is 12.7. The fraction of sp³-hybridized carbons (Fsp3) is 0.778. The molecule has 1 aliphatic carbocycles. The summed E-state index contributed by atoms with van der Waals surface area (Å²) < 4.78 is 1.65. The molecule has 7 heteroatoms. The predicted molar refractivity (Wildman–Crippen MR) is 91.8 cm³/mol. The van der Waals surface area contributed by atoms with Gasteiger partial charge in [-0.3, -0.25) is 9.59 Å². The van der Waals surface area contributed by atoms with E-state index in [1.54, 1.807) is 10.9 Å². The summed E-state index contributed by atoms with van der Waals surface area (Å²) in [5.41, 5.74) is 0.726. The number of hydrogen-bond donors (Lipinski definition) is 0. The third kappa shape index (κ3) is 2.93. The van der Waals surface area contributed by atoms with Crippen molar-refractivity contribution in [1.29, 1.82) is 0 Å². The fourth-order valence-electron chi connectivity index (χ4n) is 4.56. The smallest absolute Gasteiger partial charge is 0.273 e. The molecule has 0 radical (unpaired) electrons. The maximum Gasteiger partial charge on any atom is 0.273 e. The first-order chi connectivity index (χ1) is 12.1. The lowest BCUT2D eigenvalue weighted by atomic mass is 9.90. The van der Waals surface area contributed by atoms with Gasteiger partial charge in [0, 0.05) is 38.6 Å². The van der Waals surface area contributed by atoms with E-state index in [0.29, 0.717) is 18.1 Å². The summed E-state index contributed by atoms with van der Waals surface area (Å²) in [5, 5.41) is 7.80. The van der Waals surface area contributed by atoms with Gasteiger partial charge in [-0.1, -0.05) is 5.21 Å². The van der Waals surface area contributed by atoms with Crippen LogP contribution in [0.3, 0.4) is 0 Å². The lowest BCUT2D eigenvalue weighted by Crippen LogP contribution is -2.42. The molecule has 2 amide bonds. The second-order valence-electron chi connectivity index (χ2n) is 7.73. The SMILES string of the molecule is CCn1nncc1C(=O)N1CCC2(CC1)CC2C(=O)N1CCCCC1. The largest absolute Gasteiger partial charge is 0.342 e. The van der Waals surface area contributed by atoms with Gasteiger partial charge in [-0.15, -0.1) is 5.10 Å². The van der Waals surface area contributed by atoms with Crippen LogP contribution in [-0.4, -0.2) is 62.8 Å². The number of amides is 2. The van der Waals surface area contributed by atoms with E-state index in [9.17, 15) is 9.59 Å². The van der Waals surface area contributed by atoms with E-state index >= 15 is 0 Å². The molecule has 7 nitrogen and oxygen atoms in total. The Morgan fingerprint density at radius 1 is 1.12 bits per heavy atom. The van der Waals surface area contributed by atoms with Crippen LogP contribution in [-0.2, 0) is 11.3 Å². The zero-order valence-electron chi connectivity index (χ0n) is 15.0. The predicted octanol–water partition coefficient (Wildman–Crippen LogP) is 1.55. The summed E-state index contributed by atoms with van der Waals surface area (Å²) in [7, 11) is 0. The number of piperidine rings is 2. The van der Waals surface area contributed by atoms with Crippen molar-refractivity contribution in [2.75, 3.05) is 26.2 Å². The van der Waals surface area contributed by atoms with Gasteiger partial charge in [0.2, 0.25) is 5.91 Å². The van der Waals surface area contributed by atoms with Crippen molar-refractivity contribution >= 4 is 11.8 Å². The Kier molecular flexibility index (Phi) is 4.25. The van der Waals surface area contributed by atoms with E-state index in [1.165, 1.54) is 6.42 Å². The standard InChI is InChI=1S/C18H27N5O2/c1-2-23-15(13-19-20-23)17(25)22-10-6-18(7-11-22)12-14(18)16(24)21-8-4-3-5-9-21/h13-14H,2-12H2,1H3. The Morgan fingerprint density at radius 2 is 1.84 bits per heavy atom. The Labute approximate surface area is 148 Å². The lowest BCUT2D eigenvalue weighted by molar-refractivity contribution is -0.134. The Hall–Kier alpha value is -1.92. The third-order valence-electron chi connectivity index (χ3n) is 6.34. The minimum atomic E-state index is 0.0151. The van der Waals surface area contributed by atoms with Crippen molar-refractivity contribution in [3.8, 4) is 0 Å². The molecule has 2 saturated heterocycles. The molecule has 1 unspecified atom stereocenters. The highest BCUT2D eigenvalue weighted by molar-refractivity contribution is 5.92. The van der Waals surface area contributed by atoms with Crippen molar-refractivity contribution in [3.63, 3.8) is 0 Å². The number of nitrogens with zero attached hydrogens (tertiary/aromatic N) is 5. The van der Waals surface area contributed by atoms with E-state index < -0.39 is 0 Å². The van der Waals surface area contributed by atoms with Gasteiger partial charge < -0.3 is 9.80 Å². The number of hydrogen-bond acceptors (Lipinski definition) is 4. The quantitative estimate of drug-likeness (QED) is 0.833. The minimum absolute atomic E-state index is 0.0151. The monoisotopic (exact) mass is 345 g/mol. The summed E-state index contributed by atoms with van der Waals surface area (Å²) in [5.74, 6) is 0.583. The first kappa shape index (κ1) is 16.5. The van der Waals surface area contributed by atoms with Crippen LogP contribution in [0.15, 0.2) is 6.20 Å². The van der Waals surface area contributed by atoms with E-state index in [-0.39, 0.29) is 17.2 Å². The first-order valence-corrected chi connectivity index (χ1v) is 9.61. The van der Waals surface area contributed by atoms with Gasteiger partial charge in [0.25, 0.3) is 5.91 Å². The molecular formula is C18H27N5O2. The van der Waals surface area contributed by atoms with Gasteiger partial charge in [-0.2, -0.15) is 0 Å². The van der Waals surface area contributed by atoms with E-state index in [1.807, 2.05) is 11.8 Å². The summed E-state index contributed by atoms with van der Waals surface area (Å²) in [4.78, 5) is 29.4. The number of carbonyl (C=O) groups excluding carboxylic acids is 2. The third-order valence-corrected chi connectivity index (χ3v) is 6.34. The van der Waals surface area contributed by atoms with Crippen molar-refractivity contribution in [2.24, 2.45) is 11.3 Å². The molecule has 25 heavy (non-hydrogen) atoms. The Morgan fingerprint density at radius 3 is 2.52 bits per heavy atom. The average Bonchev–Trinajstić information content (AvgIpc) is 3.14. The Balaban J connectivity index is 1.34. The molecule has 1 atom stereocenters. The van der Waals surface area contributed by atoms with Crippen LogP contribution in [0.1, 0.15) is 55.9 Å². The summed E-state index contributed by atoms with van der Waals surface area (Å²) in [6, 6.07) is 0. The van der Waals surface area contributed by atoms with Crippen molar-refractivity contribution in [2.45, 2.75) is 52.0 Å². The fourth-order valence-corrected chi connectivity index (χ4v) is 4.56. The number of rotatable bonds is 3. The molecule has 0 aromatic carbocycles. The molecule has 1 aromatic rings. The molecular weight excluding hydrogens is 318 g/mol. The van der Waals surface area contributed by atoms with E-state index in [2.05, 4.69) is 15.2 Å². The average molecular weight is 345 g/mol. The van der Waals surface area contributed by atoms with Gasteiger partial charge in [0.05, 0.1) is 6.20 Å². The summed E-state index contributed by atoms with van der Waals surface area (Å²) in [6.45, 7) is 5.94. The number of carbonyl (C=O) groups is 2. The Bertz CT molecular complexity index is 656. The van der Waals surface area contributed by atoms with Crippen LogP contribution < -0.4 is 0 Å². The topological polar surface area (TPSA) is 71.3 Å². The highest BCUT2D eigenvalue weighted by Gasteiger charge is 2.59. The normalized spacial score (nSPS) is 25.2. The maximum atomic E-state index is 12.7. The van der Waals surface area contributed by atoms with Gasteiger partial charge >= 0.3 is 0 Å². The first-order valence-electron chi connectivity index (χ1n) is 9.61. The molecule has 0 bridgehead atoms. The van der Waals surface area contributed by atoms with Crippen molar-refractivity contribution in [1.82, 2.24) is 24.8 Å². The summed E-state index contributed by atoms with van der Waals surface area (Å²) in [6.07, 6.45) is 7.99. The molecule has 3 fully saturated rings. The molecule has 2 aliphatic heterocycles. The molecule has 3 aliphatic rings. The minimum Gasteiger partial charge on any atom is -0.342 e. The molecule has 136 valence electrons. The second-order valence-corrected chi connectivity index (χ2v) is 7.73. The number of aryl methyl sites for hydroxylation is 1. The van der Waals surface area contributed by atoms with Crippen LogP contribution in [0.2, 0.25) is 0 Å². The van der Waals surface area contributed by atoms with Crippen LogP contribution in [0, 0.1) is 11.3 Å². The summed E-state index contributed by atoms with van der Waals surface area (Å²) >= 11 is 0. The van der Waals surface area contributed by atoms with E-state index in [4.69, 9.17) is 0 Å². The van der Waals surface area contributed by atoms with Crippen LogP contribution in [0.25, 0.3) is 0 Å². The van der Waals surface area contributed by atoms with Crippen LogP contribution in [0.5, 0.6) is 0 Å². The zero-order valence-corrected chi connectivity index (χ0v) is 15.0. The van der Waals surface area contributed by atoms with Crippen LogP contribution >= 0.6 is 0 Å². The van der Waals surface area contributed by atoms with Gasteiger partial charge in [0.15, 0.2) is 0 Å². The molecule has 0 N–H and O–H groups in total. The van der Waals surface area contributed by atoms with Gasteiger partial charge in [0.1, 0.15) is 5.69 Å². The molecule has 1 aromatic heterocycles.